The summed E-state index contributed by atoms with van der Waals surface area (Å²) in [7, 11) is -1.78. The van der Waals surface area contributed by atoms with Crippen LogP contribution in [0.2, 0.25) is 18.1 Å². The molecule has 0 saturated carbocycles. The van der Waals surface area contributed by atoms with Crippen molar-refractivity contribution in [1.29, 1.82) is 0 Å². The number of aromatic carboxylic acids is 1. The highest BCUT2D eigenvalue weighted by Gasteiger charge is 2.32. The molecule has 0 bridgehead atoms. The molecule has 3 aromatic rings. The van der Waals surface area contributed by atoms with Crippen molar-refractivity contribution in [1.82, 2.24) is 15.3 Å². The predicted octanol–water partition coefficient (Wildman–Crippen LogP) is 5.54. The Morgan fingerprint density at radius 3 is 2.56 bits per heavy atom. The third kappa shape index (κ3) is 5.46. The van der Waals surface area contributed by atoms with Crippen LogP contribution in [0.4, 0.5) is 0 Å². The maximum absolute atomic E-state index is 11.5. The lowest BCUT2D eigenvalue weighted by atomic mass is 10.0. The number of hydrogen-bond donors (Lipinski definition) is 3. The van der Waals surface area contributed by atoms with Crippen molar-refractivity contribution >= 4 is 25.2 Å². The van der Waals surface area contributed by atoms with Gasteiger partial charge < -0.3 is 19.8 Å². The Labute approximate surface area is 191 Å². The number of carbonyl (C=O) groups is 1. The van der Waals surface area contributed by atoms with Gasteiger partial charge in [0, 0.05) is 36.6 Å². The molecule has 0 radical (unpaired) electrons. The number of carboxylic acid groups (broad SMARTS) is 1. The van der Waals surface area contributed by atoms with E-state index in [1.807, 2.05) is 24.5 Å². The number of nitrogens with zero attached hydrogens (tertiary/aromatic N) is 1. The molecule has 1 aromatic carbocycles. The summed E-state index contributed by atoms with van der Waals surface area (Å²) in [6.07, 6.45) is 6.39. The van der Waals surface area contributed by atoms with Gasteiger partial charge >= 0.3 is 5.97 Å². The number of fused-ring (bicyclic) bond motifs is 1. The number of H-pyrrole nitrogens is 1. The number of nitrogens with one attached hydrogen (secondary N) is 2. The van der Waals surface area contributed by atoms with Crippen molar-refractivity contribution in [3.63, 3.8) is 0 Å². The minimum absolute atomic E-state index is 0.0285. The van der Waals surface area contributed by atoms with E-state index in [0.717, 1.165) is 41.1 Å². The fourth-order valence-electron chi connectivity index (χ4n) is 4.37. The average molecular weight is 454 g/mol. The van der Waals surface area contributed by atoms with E-state index in [1.54, 1.807) is 18.3 Å². The van der Waals surface area contributed by atoms with E-state index in [4.69, 9.17) is 4.43 Å². The molecule has 0 fully saturated rings. The van der Waals surface area contributed by atoms with Crippen LogP contribution in [0.25, 0.3) is 10.9 Å². The second-order valence-electron chi connectivity index (χ2n) is 8.50. The fourth-order valence-corrected chi connectivity index (χ4v) is 7.19. The first-order valence-electron chi connectivity index (χ1n) is 11.6. The first-order valence-corrected chi connectivity index (χ1v) is 14.1. The minimum atomic E-state index is -1.78. The molecule has 2 aromatic heterocycles. The van der Waals surface area contributed by atoms with E-state index < -0.39 is 14.3 Å². The highest BCUT2D eigenvalue weighted by atomic mass is 28.4. The molecule has 0 unspecified atom stereocenters. The zero-order valence-electron chi connectivity index (χ0n) is 19.5. The third-order valence-electron chi connectivity index (χ3n) is 6.59. The molecule has 2 atom stereocenters. The molecule has 2 heterocycles. The van der Waals surface area contributed by atoms with E-state index >= 15 is 0 Å². The fraction of sp³-hybridized carbons (Fsp3) is 0.440. The topological polar surface area (TPSA) is 87.2 Å². The molecule has 0 aliphatic heterocycles. The van der Waals surface area contributed by atoms with Crippen LogP contribution in [0.5, 0.6) is 0 Å². The summed E-state index contributed by atoms with van der Waals surface area (Å²) < 4.78 is 6.83. The zero-order chi connectivity index (χ0) is 23.1. The summed E-state index contributed by atoms with van der Waals surface area (Å²) in [5.74, 6) is -0.915. The zero-order valence-corrected chi connectivity index (χ0v) is 20.5. The van der Waals surface area contributed by atoms with Gasteiger partial charge in [0.05, 0.1) is 17.2 Å². The summed E-state index contributed by atoms with van der Waals surface area (Å²) in [4.78, 5) is 19.0. The molecular formula is C25H35N3O3Si. The maximum Gasteiger partial charge on any atom is 0.337 e. The number of benzene rings is 1. The first kappa shape index (κ1) is 24.2. The predicted molar refractivity (Wildman–Crippen MR) is 132 cm³/mol. The van der Waals surface area contributed by atoms with Gasteiger partial charge in [0.15, 0.2) is 8.32 Å². The monoisotopic (exact) mass is 453 g/mol. The van der Waals surface area contributed by atoms with Gasteiger partial charge in [-0.05, 0) is 54.7 Å². The van der Waals surface area contributed by atoms with E-state index in [2.05, 4.69) is 49.0 Å². The number of para-hydroxylation sites is 1. The number of aromatic nitrogens is 2. The van der Waals surface area contributed by atoms with Gasteiger partial charge in [-0.2, -0.15) is 0 Å². The molecule has 32 heavy (non-hydrogen) atoms. The summed E-state index contributed by atoms with van der Waals surface area (Å²) in [6, 6.07) is 13.0. The van der Waals surface area contributed by atoms with Crippen LogP contribution in [0.15, 0.2) is 48.9 Å². The Morgan fingerprint density at radius 1 is 1.19 bits per heavy atom. The van der Waals surface area contributed by atoms with Gasteiger partial charge in [0.2, 0.25) is 0 Å². The lowest BCUT2D eigenvalue weighted by Gasteiger charge is -2.34. The second-order valence-corrected chi connectivity index (χ2v) is 13.2. The lowest BCUT2D eigenvalue weighted by molar-refractivity contribution is 0.0699. The molecule has 3 rings (SSSR count). The molecule has 7 heteroatoms. The molecule has 0 spiro atoms. The number of carboxylic acids is 1. The Bertz CT molecular complexity index is 1010. The third-order valence-corrected chi connectivity index (χ3v) is 11.2. The Kier molecular flexibility index (Phi) is 8.23. The standard InChI is InChI=1S/C25H35N3O3Si/c1-5-32(6-2,7-3)31-23(19-10-9-13-26-15-19)17-27-18(4)14-20-16-28-24-21(20)11-8-12-22(24)25(29)30/h8-13,15-16,18,23,27-28H,5-7,14,17H2,1-4H3,(H,29,30)/t18-,23+/m1/s1. The first-order chi connectivity index (χ1) is 15.4. The van der Waals surface area contributed by atoms with Gasteiger partial charge in [0.1, 0.15) is 0 Å². The summed E-state index contributed by atoms with van der Waals surface area (Å²) in [6.45, 7) is 9.61. The lowest BCUT2D eigenvalue weighted by Crippen LogP contribution is -2.41. The van der Waals surface area contributed by atoms with E-state index in [9.17, 15) is 9.90 Å². The smallest absolute Gasteiger partial charge is 0.337 e. The highest BCUT2D eigenvalue weighted by molar-refractivity contribution is 6.73. The molecular weight excluding hydrogens is 418 g/mol. The SMILES string of the molecule is CC[Si](CC)(CC)O[C@@H](CN[C@H](C)Cc1c[nH]c2c(C(=O)O)cccc12)c1cccnc1. The van der Waals surface area contributed by atoms with E-state index in [1.165, 1.54) is 0 Å². The number of rotatable bonds is 12. The molecule has 0 aliphatic rings. The van der Waals surface area contributed by atoms with Gasteiger partial charge in [-0.3, -0.25) is 4.98 Å². The van der Waals surface area contributed by atoms with Crippen LogP contribution < -0.4 is 5.32 Å². The van der Waals surface area contributed by atoms with Crippen molar-refractivity contribution < 1.29 is 14.3 Å². The number of aromatic amines is 1. The van der Waals surface area contributed by atoms with E-state index in [-0.39, 0.29) is 12.1 Å². The summed E-state index contributed by atoms with van der Waals surface area (Å²) >= 11 is 0. The van der Waals surface area contributed by atoms with Gasteiger partial charge in [-0.15, -0.1) is 0 Å². The Hall–Kier alpha value is -2.48. The summed E-state index contributed by atoms with van der Waals surface area (Å²) in [5, 5.41) is 14.1. The quantitative estimate of drug-likeness (QED) is 0.313. The van der Waals surface area contributed by atoms with Crippen LogP contribution in [0.3, 0.4) is 0 Å². The van der Waals surface area contributed by atoms with Gasteiger partial charge in [0.25, 0.3) is 0 Å². The Balaban J connectivity index is 1.73. The van der Waals surface area contributed by atoms with Crippen molar-refractivity contribution in [3.05, 3.63) is 65.6 Å². The molecule has 0 amide bonds. The van der Waals surface area contributed by atoms with Crippen LogP contribution in [-0.2, 0) is 10.8 Å². The molecule has 3 N–H and O–H groups in total. The largest absolute Gasteiger partial charge is 0.478 e. The highest BCUT2D eigenvalue weighted by Crippen LogP contribution is 2.29. The van der Waals surface area contributed by atoms with Crippen LogP contribution in [0.1, 0.15) is 55.3 Å². The van der Waals surface area contributed by atoms with Crippen molar-refractivity contribution in [3.8, 4) is 0 Å². The molecule has 172 valence electrons. The summed E-state index contributed by atoms with van der Waals surface area (Å²) in [5.41, 5.74) is 3.21. The molecule has 6 nitrogen and oxygen atoms in total. The maximum atomic E-state index is 11.5. The Morgan fingerprint density at radius 2 is 1.94 bits per heavy atom. The van der Waals surface area contributed by atoms with Crippen molar-refractivity contribution in [2.75, 3.05) is 6.54 Å². The van der Waals surface area contributed by atoms with Crippen LogP contribution in [0, 0.1) is 0 Å². The van der Waals surface area contributed by atoms with Crippen LogP contribution in [-0.4, -0.2) is 41.9 Å². The average Bonchev–Trinajstić information content (AvgIpc) is 3.23. The van der Waals surface area contributed by atoms with Crippen LogP contribution >= 0.6 is 0 Å². The van der Waals surface area contributed by atoms with Crippen molar-refractivity contribution in [2.45, 2.75) is 64.4 Å². The van der Waals surface area contributed by atoms with Gasteiger partial charge in [-0.25, -0.2) is 4.79 Å². The van der Waals surface area contributed by atoms with Gasteiger partial charge in [-0.1, -0.05) is 39.0 Å². The normalized spacial score (nSPS) is 13.9. The van der Waals surface area contributed by atoms with E-state index in [0.29, 0.717) is 17.6 Å². The molecule has 0 saturated heterocycles. The molecule has 0 aliphatic carbocycles. The second kappa shape index (κ2) is 10.9. The minimum Gasteiger partial charge on any atom is -0.478 e. The van der Waals surface area contributed by atoms with Crippen molar-refractivity contribution in [2.24, 2.45) is 0 Å². The number of hydrogen-bond acceptors (Lipinski definition) is 4. The number of pyridine rings is 1.